The van der Waals surface area contributed by atoms with E-state index in [2.05, 4.69) is 15.9 Å². The van der Waals surface area contributed by atoms with Crippen molar-refractivity contribution in [3.05, 3.63) is 27.9 Å². The molecule has 80 valence electrons. The average Bonchev–Trinajstić information content (AvgIpc) is 2.56. The summed E-state index contributed by atoms with van der Waals surface area (Å²) < 4.78 is 6.19. The molecule has 0 radical (unpaired) electrons. The fourth-order valence-electron chi connectivity index (χ4n) is 1.65. The summed E-state index contributed by atoms with van der Waals surface area (Å²) in [7, 11) is 0. The van der Waals surface area contributed by atoms with E-state index < -0.39 is 0 Å². The zero-order chi connectivity index (χ0) is 11.0. The molecule has 0 bridgehead atoms. The first-order valence-electron chi connectivity index (χ1n) is 4.74. The molecule has 0 amide bonds. The lowest BCUT2D eigenvalue weighted by molar-refractivity contribution is 0.465. The standard InChI is InChI=1S/C11H12BrNO2/c1-6-4-8-9(15-6)5-7(2-3-13)11(14)10(8)12/h4-5,14H,2-3,13H2,1H3. The van der Waals surface area contributed by atoms with Crippen LogP contribution in [-0.2, 0) is 6.42 Å². The van der Waals surface area contributed by atoms with Crippen molar-refractivity contribution in [2.45, 2.75) is 13.3 Å². The number of benzene rings is 1. The van der Waals surface area contributed by atoms with E-state index in [1.54, 1.807) is 0 Å². The van der Waals surface area contributed by atoms with Gasteiger partial charge in [0.1, 0.15) is 17.1 Å². The smallest absolute Gasteiger partial charge is 0.135 e. The largest absolute Gasteiger partial charge is 0.506 e. The summed E-state index contributed by atoms with van der Waals surface area (Å²) in [4.78, 5) is 0. The van der Waals surface area contributed by atoms with Crippen molar-refractivity contribution in [2.75, 3.05) is 6.54 Å². The first-order valence-corrected chi connectivity index (χ1v) is 5.53. The predicted molar refractivity (Wildman–Crippen MR) is 63.1 cm³/mol. The van der Waals surface area contributed by atoms with Crippen molar-refractivity contribution in [3.8, 4) is 5.75 Å². The fraction of sp³-hybridized carbons (Fsp3) is 0.273. The molecule has 0 unspecified atom stereocenters. The third-order valence-corrected chi connectivity index (χ3v) is 3.15. The molecule has 1 aromatic carbocycles. The van der Waals surface area contributed by atoms with E-state index in [0.29, 0.717) is 17.4 Å². The highest BCUT2D eigenvalue weighted by atomic mass is 79.9. The maximum atomic E-state index is 9.89. The molecule has 2 rings (SSSR count). The number of fused-ring (bicyclic) bond motifs is 1. The molecule has 0 fully saturated rings. The van der Waals surface area contributed by atoms with Crippen molar-refractivity contribution in [3.63, 3.8) is 0 Å². The quantitative estimate of drug-likeness (QED) is 0.882. The summed E-state index contributed by atoms with van der Waals surface area (Å²) in [6.45, 7) is 2.39. The summed E-state index contributed by atoms with van der Waals surface area (Å²) in [6.07, 6.45) is 0.639. The van der Waals surface area contributed by atoms with Gasteiger partial charge in [-0.15, -0.1) is 0 Å². The molecule has 3 nitrogen and oxygen atoms in total. The second-order valence-corrected chi connectivity index (χ2v) is 4.30. The van der Waals surface area contributed by atoms with Crippen molar-refractivity contribution in [2.24, 2.45) is 5.73 Å². The van der Waals surface area contributed by atoms with E-state index >= 15 is 0 Å². The zero-order valence-electron chi connectivity index (χ0n) is 8.38. The monoisotopic (exact) mass is 269 g/mol. The Morgan fingerprint density at radius 3 is 2.87 bits per heavy atom. The van der Waals surface area contributed by atoms with Gasteiger partial charge in [-0.05, 0) is 48.0 Å². The molecule has 0 saturated carbocycles. The number of nitrogens with two attached hydrogens (primary N) is 1. The highest BCUT2D eigenvalue weighted by Crippen LogP contribution is 2.37. The Bertz CT molecular complexity index is 505. The van der Waals surface area contributed by atoms with Gasteiger partial charge in [-0.3, -0.25) is 0 Å². The Balaban J connectivity index is 2.70. The van der Waals surface area contributed by atoms with Crippen LogP contribution in [-0.4, -0.2) is 11.7 Å². The molecule has 1 heterocycles. The second kappa shape index (κ2) is 3.87. The number of aromatic hydroxyl groups is 1. The van der Waals surface area contributed by atoms with Crippen molar-refractivity contribution in [1.29, 1.82) is 0 Å². The molecule has 3 N–H and O–H groups in total. The van der Waals surface area contributed by atoms with Gasteiger partial charge < -0.3 is 15.3 Å². The van der Waals surface area contributed by atoms with E-state index in [1.807, 2.05) is 19.1 Å². The summed E-state index contributed by atoms with van der Waals surface area (Å²) >= 11 is 3.36. The highest BCUT2D eigenvalue weighted by Gasteiger charge is 2.13. The van der Waals surface area contributed by atoms with E-state index in [4.69, 9.17) is 10.2 Å². The Morgan fingerprint density at radius 2 is 2.20 bits per heavy atom. The van der Waals surface area contributed by atoms with E-state index in [0.717, 1.165) is 22.3 Å². The van der Waals surface area contributed by atoms with Crippen LogP contribution in [0.4, 0.5) is 0 Å². The average molecular weight is 270 g/mol. The number of rotatable bonds is 2. The summed E-state index contributed by atoms with van der Waals surface area (Å²) in [5.74, 6) is 1.09. The normalized spacial score (nSPS) is 11.1. The summed E-state index contributed by atoms with van der Waals surface area (Å²) in [5.41, 5.74) is 7.06. The van der Waals surface area contributed by atoms with E-state index in [9.17, 15) is 5.11 Å². The fourth-order valence-corrected chi connectivity index (χ4v) is 2.22. The Morgan fingerprint density at radius 1 is 1.47 bits per heavy atom. The van der Waals surface area contributed by atoms with Crippen LogP contribution in [0.3, 0.4) is 0 Å². The van der Waals surface area contributed by atoms with Crippen molar-refractivity contribution < 1.29 is 9.52 Å². The second-order valence-electron chi connectivity index (χ2n) is 3.51. The van der Waals surface area contributed by atoms with Gasteiger partial charge in [0.2, 0.25) is 0 Å². The molecule has 0 saturated heterocycles. The molecule has 0 spiro atoms. The number of hydrogen-bond acceptors (Lipinski definition) is 3. The molecule has 0 aliphatic rings. The topological polar surface area (TPSA) is 59.4 Å². The lowest BCUT2D eigenvalue weighted by atomic mass is 10.1. The van der Waals surface area contributed by atoms with Crippen LogP contribution in [0.5, 0.6) is 5.75 Å². The summed E-state index contributed by atoms with van der Waals surface area (Å²) in [5, 5.41) is 10.8. The van der Waals surface area contributed by atoms with Gasteiger partial charge in [-0.1, -0.05) is 0 Å². The first-order chi connectivity index (χ1) is 7.13. The number of phenolic OH excluding ortho intramolecular Hbond substituents is 1. The van der Waals surface area contributed by atoms with Crippen LogP contribution < -0.4 is 5.73 Å². The van der Waals surface area contributed by atoms with Gasteiger partial charge in [0.15, 0.2) is 0 Å². The maximum Gasteiger partial charge on any atom is 0.135 e. The van der Waals surface area contributed by atoms with Crippen LogP contribution in [0.15, 0.2) is 21.0 Å². The van der Waals surface area contributed by atoms with Gasteiger partial charge in [-0.25, -0.2) is 0 Å². The van der Waals surface area contributed by atoms with Crippen molar-refractivity contribution in [1.82, 2.24) is 0 Å². The Hall–Kier alpha value is -1.00. The van der Waals surface area contributed by atoms with Crippen LogP contribution >= 0.6 is 15.9 Å². The molecule has 2 aromatic rings. The molecule has 0 atom stereocenters. The number of halogens is 1. The zero-order valence-corrected chi connectivity index (χ0v) is 9.97. The molecule has 1 aromatic heterocycles. The van der Waals surface area contributed by atoms with Gasteiger partial charge >= 0.3 is 0 Å². The number of phenols is 1. The third kappa shape index (κ3) is 1.75. The minimum Gasteiger partial charge on any atom is -0.506 e. The predicted octanol–water partition coefficient (Wildman–Crippen LogP) is 2.71. The Kier molecular flexibility index (Phi) is 2.71. The van der Waals surface area contributed by atoms with E-state index in [1.165, 1.54) is 0 Å². The molecule has 15 heavy (non-hydrogen) atoms. The summed E-state index contributed by atoms with van der Waals surface area (Å²) in [6, 6.07) is 3.74. The molecular formula is C11H12BrNO2. The lowest BCUT2D eigenvalue weighted by Gasteiger charge is -2.05. The number of furan rings is 1. The molecule has 0 aliphatic carbocycles. The molecule has 0 aliphatic heterocycles. The molecule has 4 heteroatoms. The first kappa shape index (κ1) is 10.5. The lowest BCUT2D eigenvalue weighted by Crippen LogP contribution is -2.02. The maximum absolute atomic E-state index is 9.89. The van der Waals surface area contributed by atoms with Gasteiger partial charge in [-0.2, -0.15) is 0 Å². The van der Waals surface area contributed by atoms with Gasteiger partial charge in [0.05, 0.1) is 4.47 Å². The van der Waals surface area contributed by atoms with Gasteiger partial charge in [0, 0.05) is 10.9 Å². The number of aryl methyl sites for hydroxylation is 1. The SMILES string of the molecule is Cc1cc2c(Br)c(O)c(CCN)cc2o1. The minimum absolute atomic E-state index is 0.258. The van der Waals surface area contributed by atoms with Crippen LogP contribution in [0.1, 0.15) is 11.3 Å². The number of hydrogen-bond donors (Lipinski definition) is 2. The Labute approximate surface area is 96.0 Å². The third-order valence-electron chi connectivity index (χ3n) is 2.35. The van der Waals surface area contributed by atoms with Crippen LogP contribution in [0.2, 0.25) is 0 Å². The van der Waals surface area contributed by atoms with Crippen LogP contribution in [0.25, 0.3) is 11.0 Å². The molecular weight excluding hydrogens is 258 g/mol. The van der Waals surface area contributed by atoms with E-state index in [-0.39, 0.29) is 5.75 Å². The van der Waals surface area contributed by atoms with Crippen LogP contribution in [0, 0.1) is 6.92 Å². The highest BCUT2D eigenvalue weighted by molar-refractivity contribution is 9.10. The van der Waals surface area contributed by atoms with Crippen molar-refractivity contribution >= 4 is 26.9 Å². The van der Waals surface area contributed by atoms with Gasteiger partial charge in [0.25, 0.3) is 0 Å². The minimum atomic E-state index is 0.258.